The molecule has 20 heavy (non-hydrogen) atoms. The third-order valence-corrected chi connectivity index (χ3v) is 3.26. The van der Waals surface area contributed by atoms with Gasteiger partial charge < -0.3 is 5.32 Å². The number of nitrogens with zero attached hydrogens (tertiary/aromatic N) is 1. The topological polar surface area (TPSA) is 35.8 Å². The van der Waals surface area contributed by atoms with E-state index in [0.29, 0.717) is 6.42 Å². The second-order valence-electron chi connectivity index (χ2n) is 4.69. The van der Waals surface area contributed by atoms with Crippen LogP contribution in [0.3, 0.4) is 0 Å². The molecule has 0 saturated carbocycles. The molecule has 2 aromatic rings. The summed E-state index contributed by atoms with van der Waals surface area (Å²) in [5, 5.41) is 12.1. The molecule has 0 fully saturated rings. The molecule has 0 bridgehead atoms. The van der Waals surface area contributed by atoms with Gasteiger partial charge in [0, 0.05) is 5.69 Å². The minimum absolute atomic E-state index is 0.150. The van der Waals surface area contributed by atoms with Gasteiger partial charge in [-0.05, 0) is 41.8 Å². The van der Waals surface area contributed by atoms with Crippen LogP contribution in [0, 0.1) is 17.1 Å². The Balaban J connectivity index is 2.10. The van der Waals surface area contributed by atoms with Crippen LogP contribution in [0.15, 0.2) is 48.5 Å². The molecule has 0 aliphatic heterocycles. The lowest BCUT2D eigenvalue weighted by atomic mass is 10.0. The van der Waals surface area contributed by atoms with Crippen LogP contribution in [0.4, 0.5) is 10.1 Å². The fourth-order valence-corrected chi connectivity index (χ4v) is 2.13. The lowest BCUT2D eigenvalue weighted by molar-refractivity contribution is 0.625. The van der Waals surface area contributed by atoms with Crippen LogP contribution < -0.4 is 5.32 Å². The number of nitriles is 1. The van der Waals surface area contributed by atoms with Gasteiger partial charge in [-0.1, -0.05) is 31.2 Å². The predicted octanol–water partition coefficient (Wildman–Crippen LogP) is 4.45. The third kappa shape index (κ3) is 3.58. The molecule has 0 aromatic heterocycles. The molecule has 0 saturated heterocycles. The second-order valence-corrected chi connectivity index (χ2v) is 4.69. The Kier molecular flexibility index (Phi) is 4.73. The van der Waals surface area contributed by atoms with E-state index in [1.165, 1.54) is 12.1 Å². The molecule has 102 valence electrons. The highest BCUT2D eigenvalue weighted by Crippen LogP contribution is 2.23. The molecule has 0 aliphatic rings. The quantitative estimate of drug-likeness (QED) is 0.869. The van der Waals surface area contributed by atoms with Crippen LogP contribution in [0.5, 0.6) is 0 Å². The van der Waals surface area contributed by atoms with Crippen molar-refractivity contribution in [2.24, 2.45) is 0 Å². The summed E-state index contributed by atoms with van der Waals surface area (Å²) in [4.78, 5) is 0. The number of hydrogen-bond donors (Lipinski definition) is 1. The Morgan fingerprint density at radius 1 is 1.10 bits per heavy atom. The molecule has 2 nitrogen and oxygen atoms in total. The van der Waals surface area contributed by atoms with Gasteiger partial charge in [-0.15, -0.1) is 0 Å². The average molecular weight is 268 g/mol. The third-order valence-electron chi connectivity index (χ3n) is 3.26. The summed E-state index contributed by atoms with van der Waals surface area (Å²) in [6.45, 7) is 2.09. The van der Waals surface area contributed by atoms with E-state index in [0.717, 1.165) is 23.2 Å². The lowest BCUT2D eigenvalue weighted by Crippen LogP contribution is -2.09. The first-order valence-corrected chi connectivity index (χ1v) is 6.71. The normalized spacial score (nSPS) is 11.7. The SMILES string of the molecule is CCC(Nc1ccc(CC#N)cc1)c1ccc(F)cc1. The fourth-order valence-electron chi connectivity index (χ4n) is 2.13. The van der Waals surface area contributed by atoms with Crippen molar-refractivity contribution in [3.63, 3.8) is 0 Å². The monoisotopic (exact) mass is 268 g/mol. The molecule has 3 heteroatoms. The summed E-state index contributed by atoms with van der Waals surface area (Å²) < 4.78 is 13.0. The molecule has 1 atom stereocenters. The highest BCUT2D eigenvalue weighted by atomic mass is 19.1. The smallest absolute Gasteiger partial charge is 0.123 e. The van der Waals surface area contributed by atoms with Crippen molar-refractivity contribution in [2.75, 3.05) is 5.32 Å². The highest BCUT2D eigenvalue weighted by Gasteiger charge is 2.09. The standard InChI is InChI=1S/C17H17FN2/c1-2-17(14-5-7-15(18)8-6-14)20-16-9-3-13(4-10-16)11-12-19/h3-10,17,20H,2,11H2,1H3. The molecular formula is C17H17FN2. The number of benzene rings is 2. The molecule has 2 aromatic carbocycles. The summed E-state index contributed by atoms with van der Waals surface area (Å²) in [6.07, 6.45) is 1.33. The maximum absolute atomic E-state index is 13.0. The van der Waals surface area contributed by atoms with E-state index in [1.807, 2.05) is 24.3 Å². The van der Waals surface area contributed by atoms with E-state index in [1.54, 1.807) is 12.1 Å². The minimum atomic E-state index is -0.218. The van der Waals surface area contributed by atoms with Crippen LogP contribution in [0.25, 0.3) is 0 Å². The maximum Gasteiger partial charge on any atom is 0.123 e. The molecule has 0 amide bonds. The van der Waals surface area contributed by atoms with Gasteiger partial charge in [-0.2, -0.15) is 5.26 Å². The number of hydrogen-bond acceptors (Lipinski definition) is 2. The van der Waals surface area contributed by atoms with Gasteiger partial charge in [0.1, 0.15) is 5.82 Å². The largest absolute Gasteiger partial charge is 0.378 e. The Morgan fingerprint density at radius 3 is 2.30 bits per heavy atom. The number of anilines is 1. The Hall–Kier alpha value is -2.34. The van der Waals surface area contributed by atoms with Crippen LogP contribution in [0.1, 0.15) is 30.5 Å². The summed E-state index contributed by atoms with van der Waals surface area (Å²) >= 11 is 0. The maximum atomic E-state index is 13.0. The average Bonchev–Trinajstić information content (AvgIpc) is 2.48. The van der Waals surface area contributed by atoms with Gasteiger partial charge in [0.15, 0.2) is 0 Å². The van der Waals surface area contributed by atoms with Crippen molar-refractivity contribution in [3.05, 3.63) is 65.5 Å². The number of nitrogens with one attached hydrogen (secondary N) is 1. The molecule has 2 rings (SSSR count). The Morgan fingerprint density at radius 2 is 1.75 bits per heavy atom. The van der Waals surface area contributed by atoms with E-state index in [2.05, 4.69) is 18.3 Å². The van der Waals surface area contributed by atoms with E-state index < -0.39 is 0 Å². The van der Waals surface area contributed by atoms with Gasteiger partial charge in [-0.3, -0.25) is 0 Å². The zero-order valence-corrected chi connectivity index (χ0v) is 11.4. The van der Waals surface area contributed by atoms with Gasteiger partial charge >= 0.3 is 0 Å². The minimum Gasteiger partial charge on any atom is -0.378 e. The van der Waals surface area contributed by atoms with Crippen molar-refractivity contribution >= 4 is 5.69 Å². The van der Waals surface area contributed by atoms with E-state index in [-0.39, 0.29) is 11.9 Å². The van der Waals surface area contributed by atoms with E-state index in [4.69, 9.17) is 5.26 Å². The second kappa shape index (κ2) is 6.72. The van der Waals surface area contributed by atoms with Crippen molar-refractivity contribution in [1.82, 2.24) is 0 Å². The molecule has 1 N–H and O–H groups in total. The fraction of sp³-hybridized carbons (Fsp3) is 0.235. The summed E-state index contributed by atoms with van der Waals surface area (Å²) in [6, 6.07) is 16.7. The zero-order valence-electron chi connectivity index (χ0n) is 11.4. The zero-order chi connectivity index (χ0) is 14.4. The van der Waals surface area contributed by atoms with E-state index >= 15 is 0 Å². The van der Waals surface area contributed by atoms with Gasteiger partial charge in [0.05, 0.1) is 18.5 Å². The van der Waals surface area contributed by atoms with Crippen molar-refractivity contribution in [3.8, 4) is 6.07 Å². The molecule has 1 unspecified atom stereocenters. The Labute approximate surface area is 118 Å². The number of halogens is 1. The predicted molar refractivity (Wildman–Crippen MR) is 78.8 cm³/mol. The van der Waals surface area contributed by atoms with Crippen molar-refractivity contribution < 1.29 is 4.39 Å². The molecule has 0 spiro atoms. The molecule has 0 radical (unpaired) electrons. The lowest BCUT2D eigenvalue weighted by Gasteiger charge is -2.19. The van der Waals surface area contributed by atoms with Crippen LogP contribution >= 0.6 is 0 Å². The van der Waals surface area contributed by atoms with Gasteiger partial charge in [-0.25, -0.2) is 4.39 Å². The Bertz CT molecular complexity index is 582. The highest BCUT2D eigenvalue weighted by molar-refractivity contribution is 5.47. The summed E-state index contributed by atoms with van der Waals surface area (Å²) in [5.41, 5.74) is 3.07. The summed E-state index contributed by atoms with van der Waals surface area (Å²) in [5.74, 6) is -0.218. The van der Waals surface area contributed by atoms with Gasteiger partial charge in [0.2, 0.25) is 0 Å². The van der Waals surface area contributed by atoms with Crippen LogP contribution in [-0.2, 0) is 6.42 Å². The summed E-state index contributed by atoms with van der Waals surface area (Å²) in [7, 11) is 0. The molecule has 0 heterocycles. The van der Waals surface area contributed by atoms with Crippen LogP contribution in [-0.4, -0.2) is 0 Å². The van der Waals surface area contributed by atoms with Crippen molar-refractivity contribution in [1.29, 1.82) is 5.26 Å². The van der Waals surface area contributed by atoms with E-state index in [9.17, 15) is 4.39 Å². The number of rotatable bonds is 5. The first-order valence-electron chi connectivity index (χ1n) is 6.71. The van der Waals surface area contributed by atoms with Crippen molar-refractivity contribution in [2.45, 2.75) is 25.8 Å². The van der Waals surface area contributed by atoms with Crippen LogP contribution in [0.2, 0.25) is 0 Å². The molecule has 0 aliphatic carbocycles. The van der Waals surface area contributed by atoms with Gasteiger partial charge in [0.25, 0.3) is 0 Å². The first-order chi connectivity index (χ1) is 9.72. The molecular weight excluding hydrogens is 251 g/mol. The first kappa shape index (κ1) is 14.1.